The van der Waals surface area contributed by atoms with Crippen LogP contribution in [0.4, 0.5) is 0 Å². The Kier molecular flexibility index (Phi) is 5.64. The summed E-state index contributed by atoms with van der Waals surface area (Å²) in [7, 11) is 1.49. The highest BCUT2D eigenvalue weighted by molar-refractivity contribution is 6.01. The summed E-state index contributed by atoms with van der Waals surface area (Å²) in [5.74, 6) is -0.111. The first-order chi connectivity index (χ1) is 17.0. The summed E-state index contributed by atoms with van der Waals surface area (Å²) in [6.45, 7) is 15.4. The summed E-state index contributed by atoms with van der Waals surface area (Å²) in [5.41, 5.74) is -0.375. The summed E-state index contributed by atoms with van der Waals surface area (Å²) < 4.78 is 5.41. The van der Waals surface area contributed by atoms with Crippen LogP contribution in [-0.4, -0.2) is 29.8 Å². The monoisotopic (exact) mass is 510 g/mol. The van der Waals surface area contributed by atoms with E-state index in [2.05, 4.69) is 34.6 Å². The molecule has 37 heavy (non-hydrogen) atoms. The minimum atomic E-state index is -0.607. The summed E-state index contributed by atoms with van der Waals surface area (Å²) in [6.07, 6.45) is 9.42. The Morgan fingerprint density at radius 2 is 1.65 bits per heavy atom. The van der Waals surface area contributed by atoms with E-state index in [1.807, 2.05) is 19.9 Å². The van der Waals surface area contributed by atoms with Crippen LogP contribution in [-0.2, 0) is 19.1 Å². The Hall–Kier alpha value is -1.91. The van der Waals surface area contributed by atoms with Gasteiger partial charge in [-0.25, -0.2) is 0 Å². The molecule has 5 heteroatoms. The van der Waals surface area contributed by atoms with Gasteiger partial charge in [-0.1, -0.05) is 54.0 Å². The van der Waals surface area contributed by atoms with Gasteiger partial charge >= 0.3 is 5.97 Å². The molecule has 0 aromatic carbocycles. The number of ether oxygens (including phenoxy) is 1. The Balaban J connectivity index is 1.68. The van der Waals surface area contributed by atoms with Gasteiger partial charge < -0.3 is 9.84 Å². The van der Waals surface area contributed by atoms with Crippen LogP contribution in [0.15, 0.2) is 23.5 Å². The van der Waals surface area contributed by atoms with Crippen molar-refractivity contribution in [2.24, 2.45) is 50.2 Å². The number of allylic oxidation sites excluding steroid dienone is 3. The second-order valence-electron chi connectivity index (χ2n) is 15.2. The lowest BCUT2D eigenvalue weighted by atomic mass is 9.33. The molecule has 4 saturated carbocycles. The highest BCUT2D eigenvalue weighted by atomic mass is 16.5. The van der Waals surface area contributed by atoms with Gasteiger partial charge in [-0.05, 0) is 90.9 Å². The van der Waals surface area contributed by atoms with E-state index in [0.29, 0.717) is 12.0 Å². The molecule has 204 valence electrons. The molecule has 7 atom stereocenters. The number of hydrogen-bond donors (Lipinski definition) is 1. The first-order valence-electron chi connectivity index (χ1n) is 14.3. The van der Waals surface area contributed by atoms with Crippen molar-refractivity contribution in [2.75, 3.05) is 7.11 Å². The smallest absolute Gasteiger partial charge is 0.312 e. The Labute approximate surface area is 222 Å². The minimum absolute atomic E-state index is 0.0258. The number of ketones is 2. The molecular weight excluding hydrogens is 464 g/mol. The molecule has 4 fully saturated rings. The molecule has 0 saturated heterocycles. The molecule has 0 bridgehead atoms. The number of hydrogen-bond acceptors (Lipinski definition) is 5. The zero-order valence-corrected chi connectivity index (χ0v) is 24.1. The van der Waals surface area contributed by atoms with E-state index in [-0.39, 0.29) is 56.9 Å². The number of rotatable bonds is 1. The number of carbonyl (C=O) groups is 3. The second-order valence-corrected chi connectivity index (χ2v) is 15.2. The molecule has 0 aliphatic heterocycles. The fourth-order valence-electron chi connectivity index (χ4n) is 10.5. The number of aliphatic hydroxyl groups excluding tert-OH is 1. The molecule has 1 N–H and O–H groups in total. The Morgan fingerprint density at radius 1 is 1.00 bits per heavy atom. The molecule has 5 rings (SSSR count). The number of carbonyl (C=O) groups excluding carboxylic acids is 3. The van der Waals surface area contributed by atoms with Gasteiger partial charge in [0.15, 0.2) is 11.6 Å². The van der Waals surface area contributed by atoms with Gasteiger partial charge in [0.25, 0.3) is 0 Å². The molecule has 5 aliphatic rings. The fourth-order valence-corrected chi connectivity index (χ4v) is 10.5. The van der Waals surface area contributed by atoms with Crippen LogP contribution < -0.4 is 0 Å². The average molecular weight is 511 g/mol. The highest BCUT2D eigenvalue weighted by Crippen LogP contribution is 2.75. The second kappa shape index (κ2) is 7.82. The lowest BCUT2D eigenvalue weighted by Crippen LogP contribution is -2.66. The van der Waals surface area contributed by atoms with Crippen LogP contribution in [0, 0.1) is 50.2 Å². The van der Waals surface area contributed by atoms with Gasteiger partial charge in [0.05, 0.1) is 18.8 Å². The average Bonchev–Trinajstić information content (AvgIpc) is 2.82. The van der Waals surface area contributed by atoms with Crippen LogP contribution in [0.3, 0.4) is 0 Å². The third-order valence-electron chi connectivity index (χ3n) is 12.7. The topological polar surface area (TPSA) is 80.7 Å². The molecule has 0 radical (unpaired) electrons. The standard InChI is InChI=1S/C32H46O5/c1-27(2)11-13-32(26(36)37-8)14-12-31(7)24(20(32)17-27)21(34)15-23-29(5)16-19(18-33)25(35)28(3,4)22(29)9-10-30(23,31)6/h15,18,20,22,24,33H,9-14,16-17H2,1-8H3/t20?,22?,24?,29-,30+,31-,32-/m0/s1. The zero-order chi connectivity index (χ0) is 27.4. The van der Waals surface area contributed by atoms with Crippen molar-refractivity contribution >= 4 is 17.5 Å². The van der Waals surface area contributed by atoms with E-state index in [1.54, 1.807) is 0 Å². The lowest BCUT2D eigenvalue weighted by molar-refractivity contribution is -0.192. The molecule has 0 aromatic heterocycles. The molecule has 5 aliphatic carbocycles. The van der Waals surface area contributed by atoms with Crippen molar-refractivity contribution in [1.82, 2.24) is 0 Å². The number of aliphatic hydroxyl groups is 1. The first-order valence-corrected chi connectivity index (χ1v) is 14.3. The molecule has 5 nitrogen and oxygen atoms in total. The third kappa shape index (κ3) is 3.18. The Bertz CT molecular complexity index is 1130. The SMILES string of the molecule is COC(=O)[C@]12CCC(C)(C)CC1C1C(=O)C=C3[C@@]4(C)CC(=CO)C(=O)C(C)(C)C4CC[C@@]3(C)[C@@]1(C)CC2. The van der Waals surface area contributed by atoms with Crippen LogP contribution in [0.5, 0.6) is 0 Å². The van der Waals surface area contributed by atoms with E-state index in [4.69, 9.17) is 4.74 Å². The maximum absolute atomic E-state index is 14.4. The van der Waals surface area contributed by atoms with E-state index < -0.39 is 10.8 Å². The normalized spacial score (nSPS) is 47.2. The van der Waals surface area contributed by atoms with Crippen LogP contribution in [0.2, 0.25) is 0 Å². The summed E-state index contributed by atoms with van der Waals surface area (Å²) in [6, 6.07) is 0. The van der Waals surface area contributed by atoms with Gasteiger partial charge in [-0.15, -0.1) is 0 Å². The van der Waals surface area contributed by atoms with Crippen molar-refractivity contribution in [3.05, 3.63) is 23.5 Å². The molecule has 0 aromatic rings. The van der Waals surface area contributed by atoms with Crippen LogP contribution >= 0.6 is 0 Å². The fraction of sp³-hybridized carbons (Fsp3) is 0.781. The van der Waals surface area contributed by atoms with Gasteiger partial charge in [0.2, 0.25) is 0 Å². The predicted molar refractivity (Wildman–Crippen MR) is 143 cm³/mol. The van der Waals surface area contributed by atoms with Crippen molar-refractivity contribution < 1.29 is 24.2 Å². The zero-order valence-electron chi connectivity index (χ0n) is 24.1. The predicted octanol–water partition coefficient (Wildman–Crippen LogP) is 6.76. The molecule has 0 heterocycles. The van der Waals surface area contributed by atoms with Crippen molar-refractivity contribution in [3.63, 3.8) is 0 Å². The van der Waals surface area contributed by atoms with Crippen LogP contribution in [0.25, 0.3) is 0 Å². The number of fused-ring (bicyclic) bond motifs is 7. The summed E-state index contributed by atoms with van der Waals surface area (Å²) >= 11 is 0. The maximum Gasteiger partial charge on any atom is 0.312 e. The maximum atomic E-state index is 14.4. The van der Waals surface area contributed by atoms with Crippen molar-refractivity contribution in [1.29, 1.82) is 0 Å². The lowest BCUT2D eigenvalue weighted by Gasteiger charge is -2.69. The molecular formula is C32H46O5. The molecule has 3 unspecified atom stereocenters. The van der Waals surface area contributed by atoms with Gasteiger partial charge in [-0.2, -0.15) is 0 Å². The quantitative estimate of drug-likeness (QED) is 0.239. The Morgan fingerprint density at radius 3 is 2.27 bits per heavy atom. The third-order valence-corrected chi connectivity index (χ3v) is 12.7. The van der Waals surface area contributed by atoms with Gasteiger partial charge in [0.1, 0.15) is 0 Å². The minimum Gasteiger partial charge on any atom is -0.515 e. The summed E-state index contributed by atoms with van der Waals surface area (Å²) in [4.78, 5) is 41.0. The summed E-state index contributed by atoms with van der Waals surface area (Å²) in [5, 5.41) is 10.0. The van der Waals surface area contributed by atoms with Gasteiger partial charge in [0, 0.05) is 16.9 Å². The largest absolute Gasteiger partial charge is 0.515 e. The van der Waals surface area contributed by atoms with E-state index >= 15 is 0 Å². The van der Waals surface area contributed by atoms with Crippen molar-refractivity contribution in [3.8, 4) is 0 Å². The first kappa shape index (κ1) is 26.7. The molecule has 0 spiro atoms. The van der Waals surface area contributed by atoms with Crippen LogP contribution in [0.1, 0.15) is 99.8 Å². The highest BCUT2D eigenvalue weighted by Gasteiger charge is 2.71. The van der Waals surface area contributed by atoms with Crippen molar-refractivity contribution in [2.45, 2.75) is 99.8 Å². The number of esters is 1. The van der Waals surface area contributed by atoms with Gasteiger partial charge in [-0.3, -0.25) is 14.4 Å². The van der Waals surface area contributed by atoms with E-state index in [1.165, 1.54) is 12.7 Å². The molecule has 0 amide bonds. The van der Waals surface area contributed by atoms with E-state index in [9.17, 15) is 19.5 Å². The number of Topliss-reactive ketones (excluding diaryl/α,β-unsaturated/α-hetero) is 1. The van der Waals surface area contributed by atoms with E-state index in [0.717, 1.165) is 51.2 Å². The number of methoxy groups -OCH3 is 1.